The molecule has 3 aromatic carbocycles. The van der Waals surface area contributed by atoms with E-state index in [1.54, 1.807) is 49.4 Å². The van der Waals surface area contributed by atoms with Crippen molar-refractivity contribution in [1.29, 1.82) is 0 Å². The minimum atomic E-state index is -4.19. The summed E-state index contributed by atoms with van der Waals surface area (Å²) in [5, 5.41) is 3.30. The molecule has 11 heteroatoms. The van der Waals surface area contributed by atoms with Crippen LogP contribution in [0, 0.1) is 0 Å². The lowest BCUT2D eigenvalue weighted by molar-refractivity contribution is -0.139. The van der Waals surface area contributed by atoms with Crippen LogP contribution in [0.2, 0.25) is 15.1 Å². The summed E-state index contributed by atoms with van der Waals surface area (Å²) in [5.41, 5.74) is 0.752. The Morgan fingerprint density at radius 1 is 0.889 bits per heavy atom. The van der Waals surface area contributed by atoms with Crippen molar-refractivity contribution >= 4 is 62.3 Å². The maximum Gasteiger partial charge on any atom is 0.264 e. The molecule has 0 spiro atoms. The van der Waals surface area contributed by atoms with E-state index in [2.05, 4.69) is 5.32 Å². The molecule has 2 amide bonds. The maximum absolute atomic E-state index is 13.7. The summed E-state index contributed by atoms with van der Waals surface area (Å²) in [6.07, 6.45) is 0. The summed E-state index contributed by atoms with van der Waals surface area (Å²) in [6.45, 7) is 0.956. The smallest absolute Gasteiger partial charge is 0.264 e. The molecule has 0 heterocycles. The fourth-order valence-corrected chi connectivity index (χ4v) is 5.41. The Bertz CT molecular complexity index is 1350. The van der Waals surface area contributed by atoms with Gasteiger partial charge in [0.1, 0.15) is 12.6 Å². The second-order valence-electron chi connectivity index (χ2n) is 7.83. The van der Waals surface area contributed by atoms with Crippen molar-refractivity contribution in [3.05, 3.63) is 93.4 Å². The molecule has 36 heavy (non-hydrogen) atoms. The van der Waals surface area contributed by atoms with Crippen LogP contribution in [0.25, 0.3) is 0 Å². The van der Waals surface area contributed by atoms with Crippen molar-refractivity contribution in [2.24, 2.45) is 0 Å². The largest absolute Gasteiger partial charge is 0.357 e. The zero-order valence-corrected chi connectivity index (χ0v) is 22.6. The molecule has 7 nitrogen and oxygen atoms in total. The van der Waals surface area contributed by atoms with Gasteiger partial charge < -0.3 is 10.2 Å². The van der Waals surface area contributed by atoms with Gasteiger partial charge in [0.25, 0.3) is 10.0 Å². The average Bonchev–Trinajstić information content (AvgIpc) is 2.87. The zero-order valence-electron chi connectivity index (χ0n) is 19.5. The predicted octanol–water partition coefficient (Wildman–Crippen LogP) is 5.01. The minimum Gasteiger partial charge on any atom is -0.357 e. The highest BCUT2D eigenvalue weighted by atomic mass is 35.5. The molecule has 0 aliphatic heterocycles. The number of rotatable bonds is 9. The number of carbonyl (C=O) groups is 2. The summed E-state index contributed by atoms with van der Waals surface area (Å²) in [6, 6.07) is 18.0. The van der Waals surface area contributed by atoms with Crippen LogP contribution in [0.5, 0.6) is 0 Å². The van der Waals surface area contributed by atoms with Crippen LogP contribution in [0.1, 0.15) is 12.5 Å². The maximum atomic E-state index is 13.7. The molecule has 1 atom stereocenters. The molecule has 0 unspecified atom stereocenters. The quantitative estimate of drug-likeness (QED) is 0.393. The lowest BCUT2D eigenvalue weighted by Crippen LogP contribution is -2.50. The zero-order chi connectivity index (χ0) is 26.5. The average molecular weight is 569 g/mol. The summed E-state index contributed by atoms with van der Waals surface area (Å²) in [4.78, 5) is 27.4. The van der Waals surface area contributed by atoms with Crippen LogP contribution in [0.4, 0.5) is 5.69 Å². The normalized spacial score (nSPS) is 12.0. The van der Waals surface area contributed by atoms with Gasteiger partial charge in [-0.25, -0.2) is 8.42 Å². The first kappa shape index (κ1) is 27.8. The molecule has 0 aliphatic rings. The standard InChI is InChI=1S/C25H24Cl3N3O4S/c1-17(25(33)29-2)30(15-18-8-6-7-11-21(18)26)24(32)16-31(19-12-13-22(27)23(28)14-19)36(34,35)20-9-4-3-5-10-20/h3-14,17H,15-16H2,1-2H3,(H,29,33)/t17-/m1/s1. The SMILES string of the molecule is CNC(=O)[C@@H](C)N(Cc1ccccc1Cl)C(=O)CN(c1ccc(Cl)c(Cl)c1)S(=O)(=O)c1ccccc1. The second kappa shape index (κ2) is 12.0. The minimum absolute atomic E-state index is 0.00626. The Kier molecular flexibility index (Phi) is 9.24. The van der Waals surface area contributed by atoms with E-state index >= 15 is 0 Å². The van der Waals surface area contributed by atoms with E-state index in [4.69, 9.17) is 34.8 Å². The number of halogens is 3. The van der Waals surface area contributed by atoms with Crippen molar-refractivity contribution < 1.29 is 18.0 Å². The van der Waals surface area contributed by atoms with Crippen LogP contribution in [-0.4, -0.2) is 44.8 Å². The highest BCUT2D eigenvalue weighted by Crippen LogP contribution is 2.31. The number of hydrogen-bond acceptors (Lipinski definition) is 4. The van der Waals surface area contributed by atoms with E-state index in [1.165, 1.54) is 42.3 Å². The monoisotopic (exact) mass is 567 g/mol. The number of likely N-dealkylation sites (N-methyl/N-ethyl adjacent to an activating group) is 1. The van der Waals surface area contributed by atoms with E-state index in [0.29, 0.717) is 10.6 Å². The molecule has 0 saturated heterocycles. The Morgan fingerprint density at radius 3 is 2.14 bits per heavy atom. The Morgan fingerprint density at radius 2 is 1.53 bits per heavy atom. The fourth-order valence-electron chi connectivity index (χ4n) is 3.49. The number of carbonyl (C=O) groups excluding carboxylic acids is 2. The Balaban J connectivity index is 2.06. The van der Waals surface area contributed by atoms with Crippen LogP contribution >= 0.6 is 34.8 Å². The lowest BCUT2D eigenvalue weighted by Gasteiger charge is -2.32. The highest BCUT2D eigenvalue weighted by molar-refractivity contribution is 7.92. The molecular formula is C25H24Cl3N3O4S. The third kappa shape index (κ3) is 6.31. The van der Waals surface area contributed by atoms with Crippen LogP contribution in [0.15, 0.2) is 77.7 Å². The molecule has 0 aliphatic carbocycles. The van der Waals surface area contributed by atoms with Gasteiger partial charge in [0.2, 0.25) is 11.8 Å². The Hall–Kier alpha value is -2.78. The number of anilines is 1. The van der Waals surface area contributed by atoms with Crippen molar-refractivity contribution in [2.45, 2.75) is 24.4 Å². The highest BCUT2D eigenvalue weighted by Gasteiger charge is 2.32. The Labute approximate surface area is 225 Å². The van der Waals surface area contributed by atoms with Gasteiger partial charge in [0.05, 0.1) is 20.6 Å². The number of hydrogen-bond donors (Lipinski definition) is 1. The van der Waals surface area contributed by atoms with E-state index in [-0.39, 0.29) is 27.2 Å². The molecule has 1 N–H and O–H groups in total. The topological polar surface area (TPSA) is 86.8 Å². The first-order chi connectivity index (χ1) is 17.1. The molecule has 0 fully saturated rings. The molecule has 0 aromatic heterocycles. The number of nitrogens with zero attached hydrogens (tertiary/aromatic N) is 2. The van der Waals surface area contributed by atoms with Crippen molar-refractivity contribution in [3.63, 3.8) is 0 Å². The second-order valence-corrected chi connectivity index (χ2v) is 10.9. The fraction of sp³-hybridized carbons (Fsp3) is 0.200. The van der Waals surface area contributed by atoms with Crippen molar-refractivity contribution in [3.8, 4) is 0 Å². The number of sulfonamides is 1. The van der Waals surface area contributed by atoms with Gasteiger partial charge in [-0.2, -0.15) is 0 Å². The van der Waals surface area contributed by atoms with Gasteiger partial charge in [-0.1, -0.05) is 71.2 Å². The first-order valence-electron chi connectivity index (χ1n) is 10.8. The third-order valence-electron chi connectivity index (χ3n) is 5.51. The number of benzene rings is 3. The molecule has 0 radical (unpaired) electrons. The van der Waals surface area contributed by atoms with Gasteiger partial charge in [-0.05, 0) is 48.9 Å². The summed E-state index contributed by atoms with van der Waals surface area (Å²) in [7, 11) is -2.73. The van der Waals surface area contributed by atoms with Gasteiger partial charge in [0, 0.05) is 18.6 Å². The van der Waals surface area contributed by atoms with Crippen molar-refractivity contribution in [2.75, 3.05) is 17.9 Å². The summed E-state index contributed by atoms with van der Waals surface area (Å²) < 4.78 is 28.2. The molecule has 190 valence electrons. The number of nitrogens with one attached hydrogen (secondary N) is 1. The summed E-state index contributed by atoms with van der Waals surface area (Å²) in [5.74, 6) is -1.03. The van der Waals surface area contributed by atoms with Gasteiger partial charge >= 0.3 is 0 Å². The lowest BCUT2D eigenvalue weighted by atomic mass is 10.1. The molecular weight excluding hydrogens is 545 g/mol. The van der Waals surface area contributed by atoms with E-state index < -0.39 is 34.4 Å². The molecule has 3 rings (SSSR count). The van der Waals surface area contributed by atoms with Crippen LogP contribution < -0.4 is 9.62 Å². The van der Waals surface area contributed by atoms with Gasteiger partial charge in [0.15, 0.2) is 0 Å². The number of amides is 2. The first-order valence-corrected chi connectivity index (χ1v) is 13.4. The van der Waals surface area contributed by atoms with E-state index in [9.17, 15) is 18.0 Å². The van der Waals surface area contributed by atoms with Gasteiger partial charge in [-0.15, -0.1) is 0 Å². The predicted molar refractivity (Wildman–Crippen MR) is 143 cm³/mol. The molecule has 0 bridgehead atoms. The summed E-state index contributed by atoms with van der Waals surface area (Å²) >= 11 is 18.5. The van der Waals surface area contributed by atoms with Gasteiger partial charge in [-0.3, -0.25) is 13.9 Å². The molecule has 3 aromatic rings. The van der Waals surface area contributed by atoms with Crippen LogP contribution in [-0.2, 0) is 26.2 Å². The van der Waals surface area contributed by atoms with Crippen molar-refractivity contribution in [1.82, 2.24) is 10.2 Å². The third-order valence-corrected chi connectivity index (χ3v) is 8.41. The van der Waals surface area contributed by atoms with E-state index in [1.807, 2.05) is 0 Å². The molecule has 0 saturated carbocycles. The van der Waals surface area contributed by atoms with E-state index in [0.717, 1.165) is 4.31 Å². The van der Waals surface area contributed by atoms with Crippen LogP contribution in [0.3, 0.4) is 0 Å².